The molecule has 0 saturated heterocycles. The number of aryl methyl sites for hydroxylation is 1. The van der Waals surface area contributed by atoms with Crippen LogP contribution >= 0.6 is 21.6 Å². The normalized spacial score (nSPS) is 11.4. The summed E-state index contributed by atoms with van der Waals surface area (Å²) in [5, 5.41) is 18.9. The Morgan fingerprint density at radius 2 is 2.07 bits per heavy atom. The smallest absolute Gasteiger partial charge is 0.272 e. The summed E-state index contributed by atoms with van der Waals surface area (Å²) in [5.74, 6) is 1.99. The first-order chi connectivity index (χ1) is 13.6. The second kappa shape index (κ2) is 10.5. The number of aromatic amines is 1. The lowest BCUT2D eigenvalue weighted by Gasteiger charge is -2.07. The van der Waals surface area contributed by atoms with Crippen LogP contribution in [0.2, 0.25) is 0 Å². The monoisotopic (exact) mass is 419 g/mol. The molecule has 3 aromatic rings. The van der Waals surface area contributed by atoms with Crippen molar-refractivity contribution < 1.29 is 4.79 Å². The molecule has 0 spiro atoms. The van der Waals surface area contributed by atoms with E-state index in [0.717, 1.165) is 47.6 Å². The molecule has 3 rings (SSSR count). The van der Waals surface area contributed by atoms with Gasteiger partial charge in [0.15, 0.2) is 5.69 Å². The van der Waals surface area contributed by atoms with Crippen molar-refractivity contribution in [3.8, 4) is 0 Å². The topological polar surface area (TPSA) is 91.7 Å². The third-order valence-electron chi connectivity index (χ3n) is 4.02. The van der Waals surface area contributed by atoms with Crippen LogP contribution in [0.1, 0.15) is 22.6 Å². The molecule has 0 bridgehead atoms. The SMILES string of the molecule is CN(C)CCSSCCCn1cc(CNC(=O)c2n[nH]c3ccccc23)nn1. The number of hydrogen-bond acceptors (Lipinski definition) is 7. The first kappa shape index (κ1) is 20.7. The Balaban J connectivity index is 1.38. The van der Waals surface area contributed by atoms with Gasteiger partial charge in [0.2, 0.25) is 0 Å². The molecule has 8 nitrogen and oxygen atoms in total. The maximum Gasteiger partial charge on any atom is 0.272 e. The predicted molar refractivity (Wildman–Crippen MR) is 115 cm³/mol. The van der Waals surface area contributed by atoms with Crippen LogP contribution < -0.4 is 5.32 Å². The van der Waals surface area contributed by atoms with Crippen LogP contribution in [0.3, 0.4) is 0 Å². The van der Waals surface area contributed by atoms with Gasteiger partial charge in [-0.2, -0.15) is 5.10 Å². The van der Waals surface area contributed by atoms with E-state index in [2.05, 4.69) is 44.8 Å². The number of para-hydroxylation sites is 1. The van der Waals surface area contributed by atoms with E-state index in [1.807, 2.05) is 56.7 Å². The largest absolute Gasteiger partial charge is 0.345 e. The zero-order valence-corrected chi connectivity index (χ0v) is 17.7. The molecular formula is C18H25N7OS2. The van der Waals surface area contributed by atoms with E-state index in [9.17, 15) is 4.79 Å². The van der Waals surface area contributed by atoms with E-state index >= 15 is 0 Å². The summed E-state index contributed by atoms with van der Waals surface area (Å²) in [6, 6.07) is 7.56. The van der Waals surface area contributed by atoms with Crippen LogP contribution in [0.25, 0.3) is 10.9 Å². The number of amides is 1. The van der Waals surface area contributed by atoms with Gasteiger partial charge in [-0.05, 0) is 26.6 Å². The zero-order chi connectivity index (χ0) is 19.8. The van der Waals surface area contributed by atoms with Crippen LogP contribution in [-0.4, -0.2) is 68.1 Å². The van der Waals surface area contributed by atoms with Gasteiger partial charge in [-0.25, -0.2) is 0 Å². The fourth-order valence-electron chi connectivity index (χ4n) is 2.54. The van der Waals surface area contributed by atoms with Gasteiger partial charge in [-0.15, -0.1) is 5.10 Å². The molecule has 0 radical (unpaired) electrons. The zero-order valence-electron chi connectivity index (χ0n) is 16.1. The quantitative estimate of drug-likeness (QED) is 0.364. The summed E-state index contributed by atoms with van der Waals surface area (Å²) in [7, 11) is 7.98. The average molecular weight is 420 g/mol. The number of rotatable bonds is 11. The molecule has 0 saturated carbocycles. The molecule has 28 heavy (non-hydrogen) atoms. The van der Waals surface area contributed by atoms with E-state index in [1.54, 1.807) is 0 Å². The highest BCUT2D eigenvalue weighted by atomic mass is 33.1. The Bertz CT molecular complexity index is 893. The molecule has 1 amide bonds. The number of carbonyl (C=O) groups excluding carboxylic acids is 1. The third kappa shape index (κ3) is 5.98. The number of H-pyrrole nitrogens is 1. The molecule has 2 heterocycles. The fraction of sp³-hybridized carbons (Fsp3) is 0.444. The Kier molecular flexibility index (Phi) is 7.75. The molecule has 0 atom stereocenters. The number of hydrogen-bond donors (Lipinski definition) is 2. The summed E-state index contributed by atoms with van der Waals surface area (Å²) >= 11 is 0. The number of benzene rings is 1. The van der Waals surface area contributed by atoms with E-state index in [1.165, 1.54) is 0 Å². The van der Waals surface area contributed by atoms with E-state index in [4.69, 9.17) is 0 Å². The van der Waals surface area contributed by atoms with Crippen LogP contribution in [0.4, 0.5) is 0 Å². The summed E-state index contributed by atoms with van der Waals surface area (Å²) in [6.45, 7) is 2.26. The predicted octanol–water partition coefficient (Wildman–Crippen LogP) is 2.42. The van der Waals surface area contributed by atoms with Gasteiger partial charge in [0.1, 0.15) is 5.69 Å². The highest BCUT2D eigenvalue weighted by Crippen LogP contribution is 2.21. The van der Waals surface area contributed by atoms with Crippen molar-refractivity contribution in [3.63, 3.8) is 0 Å². The molecule has 0 aliphatic carbocycles. The molecule has 0 aliphatic rings. The van der Waals surface area contributed by atoms with Gasteiger partial charge in [0.25, 0.3) is 5.91 Å². The minimum absolute atomic E-state index is 0.224. The second-order valence-corrected chi connectivity index (χ2v) is 9.28. The maximum absolute atomic E-state index is 12.4. The Hall–Kier alpha value is -2.04. The minimum atomic E-state index is -0.224. The van der Waals surface area contributed by atoms with Gasteiger partial charge >= 0.3 is 0 Å². The van der Waals surface area contributed by atoms with Gasteiger partial charge in [-0.3, -0.25) is 14.6 Å². The molecule has 0 fully saturated rings. The molecule has 1 aromatic carbocycles. The minimum Gasteiger partial charge on any atom is -0.345 e. The standard InChI is InChI=1S/C18H25N7OS2/c1-24(2)9-11-28-27-10-5-8-25-13-14(20-23-25)12-19-18(26)17-15-6-3-4-7-16(15)21-22-17/h3-4,6-7,13H,5,8-12H2,1-2H3,(H,19,26)(H,21,22). The van der Waals surface area contributed by atoms with Crippen molar-refractivity contribution in [1.82, 2.24) is 35.4 Å². The number of fused-ring (bicyclic) bond motifs is 1. The Morgan fingerprint density at radius 3 is 2.93 bits per heavy atom. The first-order valence-electron chi connectivity index (χ1n) is 9.13. The summed E-state index contributed by atoms with van der Waals surface area (Å²) < 4.78 is 1.83. The highest BCUT2D eigenvalue weighted by Gasteiger charge is 2.14. The summed E-state index contributed by atoms with van der Waals surface area (Å²) in [5.41, 5.74) is 1.98. The molecule has 2 aromatic heterocycles. The highest BCUT2D eigenvalue weighted by molar-refractivity contribution is 8.76. The van der Waals surface area contributed by atoms with Crippen molar-refractivity contribution in [3.05, 3.63) is 41.9 Å². The first-order valence-corrected chi connectivity index (χ1v) is 11.6. The number of nitrogens with zero attached hydrogens (tertiary/aromatic N) is 5. The molecule has 0 aliphatic heterocycles. The van der Waals surface area contributed by atoms with Crippen molar-refractivity contribution in [2.24, 2.45) is 0 Å². The molecular weight excluding hydrogens is 394 g/mol. The van der Waals surface area contributed by atoms with E-state index in [0.29, 0.717) is 12.2 Å². The van der Waals surface area contributed by atoms with Crippen molar-refractivity contribution >= 4 is 38.4 Å². The summed E-state index contributed by atoms with van der Waals surface area (Å²) in [6.07, 6.45) is 2.92. The number of aromatic nitrogens is 5. The average Bonchev–Trinajstić information content (AvgIpc) is 3.32. The molecule has 150 valence electrons. The third-order valence-corrected chi connectivity index (χ3v) is 6.49. The van der Waals surface area contributed by atoms with Crippen LogP contribution in [0, 0.1) is 0 Å². The summed E-state index contributed by atoms with van der Waals surface area (Å²) in [4.78, 5) is 14.6. The van der Waals surface area contributed by atoms with Crippen molar-refractivity contribution in [2.45, 2.75) is 19.5 Å². The Labute approximate surface area is 172 Å². The van der Waals surface area contributed by atoms with Crippen molar-refractivity contribution in [1.29, 1.82) is 0 Å². The number of nitrogens with one attached hydrogen (secondary N) is 2. The van der Waals surface area contributed by atoms with E-state index in [-0.39, 0.29) is 5.91 Å². The van der Waals surface area contributed by atoms with Gasteiger partial charge in [0.05, 0.1) is 18.3 Å². The van der Waals surface area contributed by atoms with Crippen LogP contribution in [0.15, 0.2) is 30.5 Å². The van der Waals surface area contributed by atoms with E-state index < -0.39 is 0 Å². The molecule has 10 heteroatoms. The second-order valence-electron chi connectivity index (χ2n) is 6.57. The Morgan fingerprint density at radius 1 is 1.25 bits per heavy atom. The lowest BCUT2D eigenvalue weighted by molar-refractivity contribution is 0.0947. The fourth-order valence-corrected chi connectivity index (χ4v) is 4.75. The van der Waals surface area contributed by atoms with Gasteiger partial charge in [0, 0.05) is 30.0 Å². The number of carbonyl (C=O) groups is 1. The molecule has 2 N–H and O–H groups in total. The van der Waals surface area contributed by atoms with Crippen molar-refractivity contribution in [2.75, 3.05) is 32.1 Å². The molecule has 0 unspecified atom stereocenters. The van der Waals surface area contributed by atoms with Crippen LogP contribution in [-0.2, 0) is 13.1 Å². The lowest BCUT2D eigenvalue weighted by Crippen LogP contribution is -2.23. The van der Waals surface area contributed by atoms with Gasteiger partial charge in [-0.1, -0.05) is 45.0 Å². The maximum atomic E-state index is 12.4. The van der Waals surface area contributed by atoms with Crippen LogP contribution in [0.5, 0.6) is 0 Å². The lowest BCUT2D eigenvalue weighted by atomic mass is 10.2. The van der Waals surface area contributed by atoms with Gasteiger partial charge < -0.3 is 10.2 Å².